The minimum atomic E-state index is -3.66. The standard InChI is InChI=1S/C15H23NO3S/c1-11-12(2)15(20(16,17)18)9-8-14(11)19-10-13-6-4-3-5-7-13/h8-9,13H,3-7,10H2,1-2H3,(H2,16,17,18). The molecule has 1 aliphatic carbocycles. The minimum Gasteiger partial charge on any atom is -0.493 e. The van der Waals surface area contributed by atoms with E-state index >= 15 is 0 Å². The molecule has 1 aromatic rings. The first-order valence-electron chi connectivity index (χ1n) is 7.15. The smallest absolute Gasteiger partial charge is 0.238 e. The van der Waals surface area contributed by atoms with E-state index in [9.17, 15) is 8.42 Å². The number of hydrogen-bond donors (Lipinski definition) is 1. The Bertz CT molecular complexity index is 575. The van der Waals surface area contributed by atoms with Crippen LogP contribution in [-0.4, -0.2) is 15.0 Å². The maximum atomic E-state index is 11.5. The van der Waals surface area contributed by atoms with Gasteiger partial charge in [0.05, 0.1) is 11.5 Å². The minimum absolute atomic E-state index is 0.181. The largest absolute Gasteiger partial charge is 0.493 e. The molecule has 5 heteroatoms. The summed E-state index contributed by atoms with van der Waals surface area (Å²) in [7, 11) is -3.66. The molecule has 4 nitrogen and oxygen atoms in total. The number of nitrogens with two attached hydrogens (primary N) is 1. The lowest BCUT2D eigenvalue weighted by Gasteiger charge is -2.22. The van der Waals surface area contributed by atoms with Crippen LogP contribution in [0.5, 0.6) is 5.75 Å². The fourth-order valence-electron chi connectivity index (χ4n) is 2.80. The van der Waals surface area contributed by atoms with E-state index in [0.29, 0.717) is 11.5 Å². The lowest BCUT2D eigenvalue weighted by atomic mass is 9.90. The van der Waals surface area contributed by atoms with Crippen LogP contribution in [0.4, 0.5) is 0 Å². The molecular weight excluding hydrogens is 274 g/mol. The Morgan fingerprint density at radius 1 is 1.15 bits per heavy atom. The summed E-state index contributed by atoms with van der Waals surface area (Å²) >= 11 is 0. The Kier molecular flexibility index (Phi) is 4.70. The van der Waals surface area contributed by atoms with Crippen LogP contribution in [0.3, 0.4) is 0 Å². The third-order valence-corrected chi connectivity index (χ3v) is 5.25. The van der Waals surface area contributed by atoms with Crippen molar-refractivity contribution in [2.45, 2.75) is 50.8 Å². The molecule has 2 N–H and O–H groups in total. The van der Waals surface area contributed by atoms with Gasteiger partial charge in [0.1, 0.15) is 5.75 Å². The average Bonchev–Trinajstić information content (AvgIpc) is 2.40. The van der Waals surface area contributed by atoms with Gasteiger partial charge in [-0.15, -0.1) is 0 Å². The van der Waals surface area contributed by atoms with Crippen molar-refractivity contribution in [3.63, 3.8) is 0 Å². The monoisotopic (exact) mass is 297 g/mol. The molecule has 1 aliphatic rings. The second-order valence-electron chi connectivity index (χ2n) is 5.67. The second kappa shape index (κ2) is 6.14. The Balaban J connectivity index is 2.11. The van der Waals surface area contributed by atoms with Gasteiger partial charge in [-0.1, -0.05) is 19.3 Å². The summed E-state index contributed by atoms with van der Waals surface area (Å²) in [5.41, 5.74) is 1.53. The second-order valence-corrected chi connectivity index (χ2v) is 7.20. The summed E-state index contributed by atoms with van der Waals surface area (Å²) in [6, 6.07) is 3.25. The van der Waals surface area contributed by atoms with Crippen LogP contribution in [-0.2, 0) is 10.0 Å². The first-order valence-corrected chi connectivity index (χ1v) is 8.70. The molecule has 1 saturated carbocycles. The number of benzene rings is 1. The van der Waals surface area contributed by atoms with E-state index in [1.54, 1.807) is 13.0 Å². The summed E-state index contributed by atoms with van der Waals surface area (Å²) in [5.74, 6) is 1.39. The van der Waals surface area contributed by atoms with Gasteiger partial charge in [-0.05, 0) is 55.9 Å². The predicted octanol–water partition coefficient (Wildman–Crippen LogP) is 2.91. The molecule has 0 unspecified atom stereocenters. The molecule has 0 bridgehead atoms. The Labute approximate surface area is 121 Å². The topological polar surface area (TPSA) is 69.4 Å². The summed E-state index contributed by atoms with van der Waals surface area (Å²) in [6.07, 6.45) is 6.37. The number of primary sulfonamides is 1. The van der Waals surface area contributed by atoms with Crippen molar-refractivity contribution in [2.24, 2.45) is 11.1 Å². The van der Waals surface area contributed by atoms with Crippen molar-refractivity contribution in [3.05, 3.63) is 23.3 Å². The highest BCUT2D eigenvalue weighted by atomic mass is 32.2. The number of rotatable bonds is 4. The molecule has 0 aromatic heterocycles. The van der Waals surface area contributed by atoms with Gasteiger partial charge in [0, 0.05) is 0 Å². The van der Waals surface area contributed by atoms with Gasteiger partial charge in [0.2, 0.25) is 10.0 Å². The summed E-state index contributed by atoms with van der Waals surface area (Å²) in [4.78, 5) is 0.181. The third kappa shape index (κ3) is 3.52. The van der Waals surface area contributed by atoms with Crippen LogP contribution < -0.4 is 9.88 Å². The van der Waals surface area contributed by atoms with Crippen LogP contribution in [0.15, 0.2) is 17.0 Å². The number of ether oxygens (including phenoxy) is 1. The van der Waals surface area contributed by atoms with Crippen LogP contribution in [0.1, 0.15) is 43.2 Å². The van der Waals surface area contributed by atoms with Gasteiger partial charge in [-0.2, -0.15) is 0 Å². The van der Waals surface area contributed by atoms with Crippen LogP contribution in [0, 0.1) is 19.8 Å². The quantitative estimate of drug-likeness (QED) is 0.929. The van der Waals surface area contributed by atoms with E-state index in [-0.39, 0.29) is 4.90 Å². The van der Waals surface area contributed by atoms with Crippen molar-refractivity contribution in [2.75, 3.05) is 6.61 Å². The van der Waals surface area contributed by atoms with Gasteiger partial charge < -0.3 is 4.74 Å². The molecule has 1 fully saturated rings. The normalized spacial score (nSPS) is 17.1. The van der Waals surface area contributed by atoms with Crippen LogP contribution in [0.25, 0.3) is 0 Å². The van der Waals surface area contributed by atoms with Crippen LogP contribution in [0.2, 0.25) is 0 Å². The molecule has 0 saturated heterocycles. The molecule has 0 atom stereocenters. The first kappa shape index (κ1) is 15.3. The van der Waals surface area contributed by atoms with Crippen molar-refractivity contribution in [1.82, 2.24) is 0 Å². The summed E-state index contributed by atoms with van der Waals surface area (Å²) in [6.45, 7) is 4.36. The third-order valence-electron chi connectivity index (χ3n) is 4.19. The zero-order valence-electron chi connectivity index (χ0n) is 12.2. The molecule has 2 rings (SSSR count). The first-order chi connectivity index (χ1) is 9.39. The maximum Gasteiger partial charge on any atom is 0.238 e. The van der Waals surface area contributed by atoms with Crippen molar-refractivity contribution < 1.29 is 13.2 Å². The summed E-state index contributed by atoms with van der Waals surface area (Å²) < 4.78 is 28.8. The fourth-order valence-corrected chi connectivity index (χ4v) is 3.63. The zero-order chi connectivity index (χ0) is 14.8. The number of hydrogen-bond acceptors (Lipinski definition) is 3. The van der Waals surface area contributed by atoms with Gasteiger partial charge in [0.15, 0.2) is 0 Å². The van der Waals surface area contributed by atoms with E-state index in [1.807, 2.05) is 6.92 Å². The molecule has 0 radical (unpaired) electrons. The van der Waals surface area contributed by atoms with Crippen molar-refractivity contribution in [3.8, 4) is 5.75 Å². The van der Waals surface area contributed by atoms with E-state index < -0.39 is 10.0 Å². The van der Waals surface area contributed by atoms with Gasteiger partial charge in [0.25, 0.3) is 0 Å². The predicted molar refractivity (Wildman–Crippen MR) is 79.4 cm³/mol. The van der Waals surface area contributed by atoms with E-state index in [0.717, 1.165) is 17.9 Å². The SMILES string of the molecule is Cc1c(OCC2CCCCC2)ccc(S(N)(=O)=O)c1C. The molecule has 20 heavy (non-hydrogen) atoms. The molecule has 1 aromatic carbocycles. The van der Waals surface area contributed by atoms with Crippen LogP contribution >= 0.6 is 0 Å². The number of sulfonamides is 1. The summed E-state index contributed by atoms with van der Waals surface area (Å²) in [5, 5.41) is 5.20. The lowest BCUT2D eigenvalue weighted by molar-refractivity contribution is 0.207. The molecule has 0 amide bonds. The highest BCUT2D eigenvalue weighted by molar-refractivity contribution is 7.89. The Hall–Kier alpha value is -1.07. The van der Waals surface area contributed by atoms with Crippen molar-refractivity contribution in [1.29, 1.82) is 0 Å². The van der Waals surface area contributed by atoms with E-state index in [2.05, 4.69) is 0 Å². The molecule has 0 heterocycles. The maximum absolute atomic E-state index is 11.5. The Morgan fingerprint density at radius 3 is 2.40 bits per heavy atom. The molecule has 0 spiro atoms. The molecule has 112 valence electrons. The molecular formula is C15H23NO3S. The van der Waals surface area contributed by atoms with Gasteiger partial charge in [-0.25, -0.2) is 13.6 Å². The zero-order valence-corrected chi connectivity index (χ0v) is 13.0. The van der Waals surface area contributed by atoms with Crippen molar-refractivity contribution >= 4 is 10.0 Å². The van der Waals surface area contributed by atoms with E-state index in [4.69, 9.17) is 9.88 Å². The highest BCUT2D eigenvalue weighted by Gasteiger charge is 2.17. The van der Waals surface area contributed by atoms with Gasteiger partial charge in [-0.3, -0.25) is 0 Å². The van der Waals surface area contributed by atoms with E-state index in [1.165, 1.54) is 38.2 Å². The lowest BCUT2D eigenvalue weighted by Crippen LogP contribution is -2.17. The Morgan fingerprint density at radius 2 is 1.80 bits per heavy atom. The average molecular weight is 297 g/mol. The fraction of sp³-hybridized carbons (Fsp3) is 0.600. The van der Waals surface area contributed by atoms with Gasteiger partial charge >= 0.3 is 0 Å². The molecule has 0 aliphatic heterocycles. The highest BCUT2D eigenvalue weighted by Crippen LogP contribution is 2.29.